The van der Waals surface area contributed by atoms with Crippen molar-refractivity contribution in [3.63, 3.8) is 0 Å². The first-order chi connectivity index (χ1) is 12.7. The Balaban J connectivity index is 1.73. The highest BCUT2D eigenvalue weighted by atomic mass is 79.9. The highest BCUT2D eigenvalue weighted by molar-refractivity contribution is 9.10. The van der Waals surface area contributed by atoms with E-state index < -0.39 is 0 Å². The molecule has 2 amide bonds. The van der Waals surface area contributed by atoms with Crippen molar-refractivity contribution in [2.24, 2.45) is 0 Å². The summed E-state index contributed by atoms with van der Waals surface area (Å²) in [6, 6.07) is 6.13. The zero-order valence-corrected chi connectivity index (χ0v) is 18.2. The van der Waals surface area contributed by atoms with Gasteiger partial charge in [0.2, 0.25) is 5.91 Å². The third-order valence-electron chi connectivity index (χ3n) is 4.66. The Morgan fingerprint density at radius 2 is 1.74 bits per heavy atom. The van der Waals surface area contributed by atoms with Crippen LogP contribution in [-0.2, 0) is 14.9 Å². The van der Waals surface area contributed by atoms with Gasteiger partial charge in [-0.25, -0.2) is 4.79 Å². The molecule has 1 aromatic rings. The molecule has 0 aliphatic carbocycles. The van der Waals surface area contributed by atoms with Crippen molar-refractivity contribution in [1.29, 1.82) is 0 Å². The van der Waals surface area contributed by atoms with Crippen LogP contribution in [0.2, 0.25) is 0 Å². The minimum atomic E-state index is -0.335. The number of halogens is 1. The van der Waals surface area contributed by atoms with Crippen LogP contribution in [0.3, 0.4) is 0 Å². The van der Waals surface area contributed by atoms with Crippen LogP contribution < -0.4 is 4.74 Å². The maximum Gasteiger partial charge on any atom is 0.409 e. The first kappa shape index (κ1) is 21.5. The number of nitrogens with zero attached hydrogens (tertiary/aromatic N) is 2. The van der Waals surface area contributed by atoms with Crippen LogP contribution in [0.15, 0.2) is 22.7 Å². The molecule has 0 bridgehead atoms. The SMILES string of the molecule is COC(=O)N1CCN(C(=O)CCCOc2ccc(C(C)(C)C)cc2Br)CC1. The van der Waals surface area contributed by atoms with E-state index in [9.17, 15) is 9.59 Å². The van der Waals surface area contributed by atoms with Gasteiger partial charge in [-0.3, -0.25) is 4.79 Å². The highest BCUT2D eigenvalue weighted by Gasteiger charge is 2.24. The fraction of sp³-hybridized carbons (Fsp3) is 0.600. The van der Waals surface area contributed by atoms with Crippen molar-refractivity contribution in [2.45, 2.75) is 39.0 Å². The smallest absolute Gasteiger partial charge is 0.409 e. The molecule has 0 atom stereocenters. The monoisotopic (exact) mass is 440 g/mol. The lowest BCUT2D eigenvalue weighted by Gasteiger charge is -2.33. The molecule has 1 aliphatic heterocycles. The fourth-order valence-corrected chi connectivity index (χ4v) is 3.41. The molecule has 0 saturated carbocycles. The minimum absolute atomic E-state index is 0.0886. The summed E-state index contributed by atoms with van der Waals surface area (Å²) in [7, 11) is 1.37. The summed E-state index contributed by atoms with van der Waals surface area (Å²) in [6.45, 7) is 9.14. The van der Waals surface area contributed by atoms with Gasteiger partial charge in [-0.15, -0.1) is 0 Å². The second-order valence-electron chi connectivity index (χ2n) is 7.69. The van der Waals surface area contributed by atoms with Crippen molar-refractivity contribution in [2.75, 3.05) is 39.9 Å². The molecule has 1 aliphatic rings. The Morgan fingerprint density at radius 3 is 2.30 bits per heavy atom. The van der Waals surface area contributed by atoms with Gasteiger partial charge in [0, 0.05) is 32.6 Å². The third kappa shape index (κ3) is 6.13. The molecular weight excluding hydrogens is 412 g/mol. The molecule has 0 spiro atoms. The lowest BCUT2D eigenvalue weighted by Crippen LogP contribution is -2.50. The third-order valence-corrected chi connectivity index (χ3v) is 5.28. The van der Waals surface area contributed by atoms with Gasteiger partial charge in [0.25, 0.3) is 0 Å². The number of piperazine rings is 1. The molecule has 27 heavy (non-hydrogen) atoms. The fourth-order valence-electron chi connectivity index (χ4n) is 2.92. The van der Waals surface area contributed by atoms with E-state index in [1.165, 1.54) is 12.7 Å². The predicted molar refractivity (Wildman–Crippen MR) is 108 cm³/mol. The number of ether oxygens (including phenoxy) is 2. The summed E-state index contributed by atoms with van der Waals surface area (Å²) < 4.78 is 11.5. The number of benzene rings is 1. The normalized spacial score (nSPS) is 14.9. The Bertz CT molecular complexity index is 664. The molecular formula is C20H29BrN2O4. The summed E-state index contributed by atoms with van der Waals surface area (Å²) >= 11 is 3.56. The van der Waals surface area contributed by atoms with E-state index in [0.29, 0.717) is 45.6 Å². The second-order valence-corrected chi connectivity index (χ2v) is 8.54. The van der Waals surface area contributed by atoms with Gasteiger partial charge >= 0.3 is 6.09 Å². The van der Waals surface area contributed by atoms with Gasteiger partial charge in [0.1, 0.15) is 5.75 Å². The second kappa shape index (κ2) is 9.44. The number of carbonyl (C=O) groups excluding carboxylic acids is 2. The summed E-state index contributed by atoms with van der Waals surface area (Å²) in [6.07, 6.45) is 0.762. The topological polar surface area (TPSA) is 59.1 Å². The molecule has 6 nitrogen and oxygen atoms in total. The zero-order chi connectivity index (χ0) is 20.0. The van der Waals surface area contributed by atoms with Gasteiger partial charge in [-0.1, -0.05) is 26.8 Å². The van der Waals surface area contributed by atoms with Crippen LogP contribution in [-0.4, -0.2) is 61.7 Å². The maximum absolute atomic E-state index is 12.3. The number of amides is 2. The van der Waals surface area contributed by atoms with E-state index in [2.05, 4.69) is 48.8 Å². The number of hydrogen-bond donors (Lipinski definition) is 0. The lowest BCUT2D eigenvalue weighted by atomic mass is 9.87. The predicted octanol–water partition coefficient (Wildman–Crippen LogP) is 3.82. The molecule has 1 fully saturated rings. The van der Waals surface area contributed by atoms with E-state index in [-0.39, 0.29) is 17.4 Å². The highest BCUT2D eigenvalue weighted by Crippen LogP contribution is 2.31. The number of hydrogen-bond acceptors (Lipinski definition) is 4. The Labute approximate surface area is 169 Å². The molecule has 1 aromatic carbocycles. The maximum atomic E-state index is 12.3. The van der Waals surface area contributed by atoms with Gasteiger partial charge in [0.05, 0.1) is 18.2 Å². The average molecular weight is 441 g/mol. The Kier molecular flexibility index (Phi) is 7.53. The molecule has 2 rings (SSSR count). The molecule has 1 saturated heterocycles. The summed E-state index contributed by atoms with van der Waals surface area (Å²) in [5, 5.41) is 0. The molecule has 150 valence electrons. The van der Waals surface area contributed by atoms with Gasteiger partial charge in [-0.2, -0.15) is 0 Å². The minimum Gasteiger partial charge on any atom is -0.492 e. The molecule has 0 radical (unpaired) electrons. The van der Waals surface area contributed by atoms with E-state index in [1.54, 1.807) is 9.80 Å². The van der Waals surface area contributed by atoms with E-state index in [1.807, 2.05) is 6.07 Å². The average Bonchev–Trinajstić information content (AvgIpc) is 2.64. The van der Waals surface area contributed by atoms with Crippen LogP contribution >= 0.6 is 15.9 Å². The molecule has 0 N–H and O–H groups in total. The van der Waals surface area contributed by atoms with Crippen molar-refractivity contribution < 1.29 is 19.1 Å². The Hall–Kier alpha value is -1.76. The van der Waals surface area contributed by atoms with E-state index >= 15 is 0 Å². The van der Waals surface area contributed by atoms with Crippen molar-refractivity contribution >= 4 is 27.9 Å². The lowest BCUT2D eigenvalue weighted by molar-refractivity contribution is -0.133. The van der Waals surface area contributed by atoms with Crippen LogP contribution in [0.1, 0.15) is 39.2 Å². The standard InChI is InChI=1S/C20H29BrN2O4/c1-20(2,3)15-7-8-17(16(21)14-15)27-13-5-6-18(24)22-9-11-23(12-10-22)19(25)26-4/h7-8,14H,5-6,9-13H2,1-4H3. The molecule has 0 aromatic heterocycles. The van der Waals surface area contributed by atoms with E-state index in [4.69, 9.17) is 9.47 Å². The number of carbonyl (C=O) groups is 2. The largest absolute Gasteiger partial charge is 0.492 e. The number of rotatable bonds is 5. The molecule has 7 heteroatoms. The van der Waals surface area contributed by atoms with Gasteiger partial charge < -0.3 is 19.3 Å². The first-order valence-corrected chi connectivity index (χ1v) is 10.0. The van der Waals surface area contributed by atoms with Gasteiger partial charge in [0.15, 0.2) is 0 Å². The van der Waals surface area contributed by atoms with Crippen LogP contribution in [0.5, 0.6) is 5.75 Å². The zero-order valence-electron chi connectivity index (χ0n) is 16.6. The van der Waals surface area contributed by atoms with Gasteiger partial charge in [-0.05, 0) is 45.5 Å². The van der Waals surface area contributed by atoms with Crippen LogP contribution in [0.4, 0.5) is 4.79 Å². The summed E-state index contributed by atoms with van der Waals surface area (Å²) in [5.74, 6) is 0.896. The van der Waals surface area contributed by atoms with E-state index in [0.717, 1.165) is 10.2 Å². The van der Waals surface area contributed by atoms with Crippen molar-refractivity contribution in [3.8, 4) is 5.75 Å². The first-order valence-electron chi connectivity index (χ1n) is 9.26. The summed E-state index contributed by atoms with van der Waals surface area (Å²) in [4.78, 5) is 27.2. The van der Waals surface area contributed by atoms with Crippen LogP contribution in [0.25, 0.3) is 0 Å². The van der Waals surface area contributed by atoms with Crippen LogP contribution in [0, 0.1) is 0 Å². The molecule has 1 heterocycles. The van der Waals surface area contributed by atoms with Crippen molar-refractivity contribution in [3.05, 3.63) is 28.2 Å². The Morgan fingerprint density at radius 1 is 1.11 bits per heavy atom. The quantitative estimate of drug-likeness (QED) is 0.652. The van der Waals surface area contributed by atoms with Crippen molar-refractivity contribution in [1.82, 2.24) is 9.80 Å². The molecule has 0 unspecified atom stereocenters. The summed E-state index contributed by atoms with van der Waals surface area (Å²) in [5.41, 5.74) is 1.33. The number of methoxy groups -OCH3 is 1.